The molecule has 0 aliphatic rings. The Morgan fingerprint density at radius 2 is 2.05 bits per heavy atom. The van der Waals surface area contributed by atoms with Gasteiger partial charge in [-0.15, -0.1) is 0 Å². The van der Waals surface area contributed by atoms with E-state index in [1.165, 1.54) is 0 Å². The lowest BCUT2D eigenvalue weighted by Crippen LogP contribution is -2.33. The van der Waals surface area contributed by atoms with Gasteiger partial charge in [0.25, 0.3) is 0 Å². The van der Waals surface area contributed by atoms with Crippen molar-refractivity contribution in [3.05, 3.63) is 24.3 Å². The molecule has 0 aliphatic carbocycles. The Bertz CT molecular complexity index is 455. The number of nitrogens with two attached hydrogens (primary N) is 1. The number of anilines is 1. The van der Waals surface area contributed by atoms with Crippen LogP contribution in [0.2, 0.25) is 0 Å². The van der Waals surface area contributed by atoms with Crippen LogP contribution < -0.4 is 15.8 Å². The summed E-state index contributed by atoms with van der Waals surface area (Å²) in [5.41, 5.74) is 6.18. The van der Waals surface area contributed by atoms with Crippen LogP contribution >= 0.6 is 0 Å². The summed E-state index contributed by atoms with van der Waals surface area (Å²) in [7, 11) is 0. The van der Waals surface area contributed by atoms with Crippen LogP contribution in [-0.2, 0) is 4.79 Å². The highest BCUT2D eigenvalue weighted by atomic mass is 16.5. The third kappa shape index (κ3) is 6.43. The molecular weight excluding hydrogens is 242 g/mol. The van der Waals surface area contributed by atoms with Gasteiger partial charge in [0.15, 0.2) is 6.61 Å². The molecule has 3 N–H and O–H groups in total. The molecule has 1 amide bonds. The van der Waals surface area contributed by atoms with Gasteiger partial charge in [-0.25, -0.2) is 0 Å². The Balaban J connectivity index is 2.45. The minimum Gasteiger partial charge on any atom is -0.479 e. The Kier molecular flexibility index (Phi) is 5.34. The van der Waals surface area contributed by atoms with Crippen molar-refractivity contribution in [3.63, 3.8) is 0 Å². The molecule has 0 unspecified atom stereocenters. The fourth-order valence-corrected chi connectivity index (χ4v) is 1.41. The number of carbonyl (C=O) groups is 1. The first-order valence-corrected chi connectivity index (χ1v) is 6.09. The molecule has 19 heavy (non-hydrogen) atoms. The average molecular weight is 261 g/mol. The molecule has 0 spiro atoms. The summed E-state index contributed by atoms with van der Waals surface area (Å²) in [5.74, 6) is 0.534. The third-order valence-corrected chi connectivity index (χ3v) is 2.44. The van der Waals surface area contributed by atoms with Crippen LogP contribution in [0.1, 0.15) is 26.7 Å². The Hall–Kier alpha value is -2.06. The summed E-state index contributed by atoms with van der Waals surface area (Å²) in [6, 6.07) is 8.77. The predicted octanol–water partition coefficient (Wildman–Crippen LogP) is 2.04. The van der Waals surface area contributed by atoms with Crippen LogP contribution in [0.5, 0.6) is 5.75 Å². The van der Waals surface area contributed by atoms with Gasteiger partial charge in [0, 0.05) is 17.6 Å². The number of benzene rings is 1. The normalized spacial score (nSPS) is 10.6. The van der Waals surface area contributed by atoms with Crippen molar-refractivity contribution in [1.82, 2.24) is 0 Å². The smallest absolute Gasteiger partial charge is 0.224 e. The van der Waals surface area contributed by atoms with Gasteiger partial charge in [-0.2, -0.15) is 5.26 Å². The molecule has 0 radical (unpaired) electrons. The molecule has 0 saturated heterocycles. The van der Waals surface area contributed by atoms with E-state index in [1.54, 1.807) is 24.3 Å². The van der Waals surface area contributed by atoms with E-state index in [-0.39, 0.29) is 18.1 Å². The van der Waals surface area contributed by atoms with Gasteiger partial charge >= 0.3 is 0 Å². The largest absolute Gasteiger partial charge is 0.479 e. The van der Waals surface area contributed by atoms with Crippen molar-refractivity contribution >= 4 is 11.6 Å². The molecule has 0 saturated carbocycles. The van der Waals surface area contributed by atoms with Crippen LogP contribution in [0, 0.1) is 11.3 Å². The van der Waals surface area contributed by atoms with E-state index in [0.717, 1.165) is 0 Å². The summed E-state index contributed by atoms with van der Waals surface area (Å²) >= 11 is 0. The number of ether oxygens (including phenoxy) is 1. The summed E-state index contributed by atoms with van der Waals surface area (Å²) in [6.07, 6.45) is 1.01. The monoisotopic (exact) mass is 261 g/mol. The Labute approximate surface area is 113 Å². The maximum Gasteiger partial charge on any atom is 0.224 e. The van der Waals surface area contributed by atoms with E-state index in [1.807, 2.05) is 19.9 Å². The minimum absolute atomic E-state index is 0.0112. The van der Waals surface area contributed by atoms with Gasteiger partial charge in [-0.3, -0.25) is 4.79 Å². The SMILES string of the molecule is CC(C)(N)CCC(=O)Nc1ccc(OCC#N)cc1. The van der Waals surface area contributed by atoms with Crippen molar-refractivity contribution < 1.29 is 9.53 Å². The quantitative estimate of drug-likeness (QED) is 0.820. The first kappa shape index (κ1) is 15.0. The van der Waals surface area contributed by atoms with Gasteiger partial charge in [0.2, 0.25) is 5.91 Å². The van der Waals surface area contributed by atoms with Gasteiger partial charge in [-0.1, -0.05) is 0 Å². The first-order valence-electron chi connectivity index (χ1n) is 6.09. The summed E-state index contributed by atoms with van der Waals surface area (Å²) < 4.78 is 5.12. The van der Waals surface area contributed by atoms with Crippen molar-refractivity contribution in [2.75, 3.05) is 11.9 Å². The van der Waals surface area contributed by atoms with Crippen molar-refractivity contribution in [3.8, 4) is 11.8 Å². The lowest BCUT2D eigenvalue weighted by atomic mass is 10.00. The van der Waals surface area contributed by atoms with E-state index < -0.39 is 0 Å². The fraction of sp³-hybridized carbons (Fsp3) is 0.429. The Morgan fingerprint density at radius 1 is 1.42 bits per heavy atom. The van der Waals surface area contributed by atoms with Crippen LogP contribution in [0.25, 0.3) is 0 Å². The fourth-order valence-electron chi connectivity index (χ4n) is 1.41. The molecule has 0 fully saturated rings. The summed E-state index contributed by atoms with van der Waals surface area (Å²) in [5, 5.41) is 11.2. The van der Waals surface area contributed by atoms with E-state index in [2.05, 4.69) is 5.32 Å². The zero-order chi connectivity index (χ0) is 14.3. The first-order chi connectivity index (χ1) is 8.90. The maximum absolute atomic E-state index is 11.7. The number of nitriles is 1. The zero-order valence-electron chi connectivity index (χ0n) is 11.3. The van der Waals surface area contributed by atoms with Gasteiger partial charge in [0.05, 0.1) is 0 Å². The van der Waals surface area contributed by atoms with E-state index in [4.69, 9.17) is 15.7 Å². The topological polar surface area (TPSA) is 88.1 Å². The Morgan fingerprint density at radius 3 is 2.58 bits per heavy atom. The maximum atomic E-state index is 11.7. The minimum atomic E-state index is -0.341. The van der Waals surface area contributed by atoms with Crippen LogP contribution in [0.15, 0.2) is 24.3 Å². The van der Waals surface area contributed by atoms with E-state index >= 15 is 0 Å². The third-order valence-electron chi connectivity index (χ3n) is 2.44. The molecule has 5 nitrogen and oxygen atoms in total. The molecule has 0 bridgehead atoms. The predicted molar refractivity (Wildman–Crippen MR) is 73.7 cm³/mol. The molecular formula is C14H19N3O2. The highest BCUT2D eigenvalue weighted by Crippen LogP contribution is 2.16. The second kappa shape index (κ2) is 6.76. The molecule has 102 valence electrons. The van der Waals surface area contributed by atoms with Crippen LogP contribution in [-0.4, -0.2) is 18.1 Å². The average Bonchev–Trinajstić information content (AvgIpc) is 2.35. The number of nitrogens with zero attached hydrogens (tertiary/aromatic N) is 1. The highest BCUT2D eigenvalue weighted by Gasteiger charge is 2.13. The van der Waals surface area contributed by atoms with E-state index in [9.17, 15) is 4.79 Å². The number of rotatable bonds is 6. The summed E-state index contributed by atoms with van der Waals surface area (Å²) in [6.45, 7) is 3.79. The molecule has 0 aliphatic heterocycles. The number of carbonyl (C=O) groups excluding carboxylic acids is 1. The number of nitrogens with one attached hydrogen (secondary N) is 1. The van der Waals surface area contributed by atoms with Gasteiger partial charge < -0.3 is 15.8 Å². The molecule has 1 aromatic carbocycles. The molecule has 0 heterocycles. The lowest BCUT2D eigenvalue weighted by Gasteiger charge is -2.17. The molecule has 5 heteroatoms. The zero-order valence-corrected chi connectivity index (χ0v) is 11.3. The van der Waals surface area contributed by atoms with E-state index in [0.29, 0.717) is 24.3 Å². The van der Waals surface area contributed by atoms with Crippen molar-refractivity contribution in [1.29, 1.82) is 5.26 Å². The summed E-state index contributed by atoms with van der Waals surface area (Å²) in [4.78, 5) is 11.7. The second-order valence-electron chi connectivity index (χ2n) is 5.01. The highest BCUT2D eigenvalue weighted by molar-refractivity contribution is 5.90. The van der Waals surface area contributed by atoms with Crippen LogP contribution in [0.4, 0.5) is 5.69 Å². The molecule has 1 rings (SSSR count). The van der Waals surface area contributed by atoms with Crippen molar-refractivity contribution in [2.45, 2.75) is 32.2 Å². The number of hydrogen-bond acceptors (Lipinski definition) is 4. The van der Waals surface area contributed by atoms with Gasteiger partial charge in [-0.05, 0) is 44.5 Å². The van der Waals surface area contributed by atoms with Gasteiger partial charge in [0.1, 0.15) is 11.8 Å². The van der Waals surface area contributed by atoms with Crippen molar-refractivity contribution in [2.24, 2.45) is 5.73 Å². The van der Waals surface area contributed by atoms with Crippen LogP contribution in [0.3, 0.4) is 0 Å². The number of hydrogen-bond donors (Lipinski definition) is 2. The molecule has 1 aromatic rings. The lowest BCUT2D eigenvalue weighted by molar-refractivity contribution is -0.116. The standard InChI is InChI=1S/C14H19N3O2/c1-14(2,16)8-7-13(18)17-11-3-5-12(6-4-11)19-10-9-15/h3-6H,7-8,10,16H2,1-2H3,(H,17,18). The molecule has 0 atom stereocenters. The number of amides is 1. The second-order valence-corrected chi connectivity index (χ2v) is 5.01. The molecule has 0 aromatic heterocycles.